The SMILES string of the molecule is CN(CCOc1ccccc1)CC(C)(C)CN1CCOCC1. The highest BCUT2D eigenvalue weighted by Gasteiger charge is 2.24. The predicted octanol–water partition coefficient (Wildman–Crippen LogP) is 2.36. The molecule has 1 fully saturated rings. The van der Waals surface area contributed by atoms with Gasteiger partial charge in [0.05, 0.1) is 13.2 Å². The molecule has 1 aromatic rings. The second-order valence-electron chi connectivity index (χ2n) is 6.95. The van der Waals surface area contributed by atoms with Gasteiger partial charge in [0.15, 0.2) is 0 Å². The van der Waals surface area contributed by atoms with Gasteiger partial charge < -0.3 is 14.4 Å². The summed E-state index contributed by atoms with van der Waals surface area (Å²) in [6.07, 6.45) is 0. The largest absolute Gasteiger partial charge is 0.492 e. The molecule has 0 amide bonds. The van der Waals surface area contributed by atoms with Gasteiger partial charge in [0.25, 0.3) is 0 Å². The normalized spacial score (nSPS) is 16.9. The van der Waals surface area contributed by atoms with Crippen LogP contribution in [0.15, 0.2) is 30.3 Å². The third-order valence-corrected chi connectivity index (χ3v) is 3.94. The molecule has 0 aromatic heterocycles. The fraction of sp³-hybridized carbons (Fsp3) is 0.667. The van der Waals surface area contributed by atoms with E-state index < -0.39 is 0 Å². The number of ether oxygens (including phenoxy) is 2. The van der Waals surface area contributed by atoms with E-state index in [1.807, 2.05) is 30.3 Å². The Hall–Kier alpha value is -1.10. The highest BCUT2D eigenvalue weighted by Crippen LogP contribution is 2.19. The van der Waals surface area contributed by atoms with Crippen LogP contribution in [-0.2, 0) is 4.74 Å². The molecule has 4 heteroatoms. The van der Waals surface area contributed by atoms with Crippen molar-refractivity contribution in [3.8, 4) is 5.75 Å². The van der Waals surface area contributed by atoms with Crippen LogP contribution in [-0.4, -0.2) is 69.4 Å². The van der Waals surface area contributed by atoms with Crippen LogP contribution >= 0.6 is 0 Å². The Labute approximate surface area is 135 Å². The van der Waals surface area contributed by atoms with E-state index in [1.165, 1.54) is 0 Å². The third kappa shape index (κ3) is 6.34. The Morgan fingerprint density at radius 1 is 1.18 bits per heavy atom. The molecule has 1 aliphatic heterocycles. The molecule has 0 spiro atoms. The molecule has 1 saturated heterocycles. The highest BCUT2D eigenvalue weighted by atomic mass is 16.5. The van der Waals surface area contributed by atoms with Gasteiger partial charge in [-0.1, -0.05) is 32.0 Å². The molecule has 0 radical (unpaired) electrons. The first-order valence-corrected chi connectivity index (χ1v) is 8.22. The zero-order valence-corrected chi connectivity index (χ0v) is 14.3. The summed E-state index contributed by atoms with van der Waals surface area (Å²) in [6, 6.07) is 10.0. The monoisotopic (exact) mass is 306 g/mol. The van der Waals surface area contributed by atoms with Gasteiger partial charge in [-0.15, -0.1) is 0 Å². The molecule has 1 aliphatic rings. The maximum atomic E-state index is 5.77. The Morgan fingerprint density at radius 3 is 2.55 bits per heavy atom. The Balaban J connectivity index is 1.67. The molecular weight excluding hydrogens is 276 g/mol. The van der Waals surface area contributed by atoms with Crippen LogP contribution in [0.4, 0.5) is 0 Å². The van der Waals surface area contributed by atoms with Crippen LogP contribution in [0.2, 0.25) is 0 Å². The van der Waals surface area contributed by atoms with Gasteiger partial charge in [-0.2, -0.15) is 0 Å². The van der Waals surface area contributed by atoms with Gasteiger partial charge in [0.1, 0.15) is 12.4 Å². The van der Waals surface area contributed by atoms with Gasteiger partial charge in [-0.3, -0.25) is 4.90 Å². The van der Waals surface area contributed by atoms with Crippen molar-refractivity contribution in [2.24, 2.45) is 5.41 Å². The number of para-hydroxylation sites is 1. The Morgan fingerprint density at radius 2 is 1.86 bits per heavy atom. The lowest BCUT2D eigenvalue weighted by Crippen LogP contribution is -2.45. The van der Waals surface area contributed by atoms with Crippen molar-refractivity contribution in [2.75, 3.05) is 59.6 Å². The summed E-state index contributed by atoms with van der Waals surface area (Å²) in [7, 11) is 2.18. The molecule has 124 valence electrons. The number of hydrogen-bond acceptors (Lipinski definition) is 4. The fourth-order valence-electron chi connectivity index (χ4n) is 3.06. The van der Waals surface area contributed by atoms with E-state index >= 15 is 0 Å². The van der Waals surface area contributed by atoms with Crippen molar-refractivity contribution in [2.45, 2.75) is 13.8 Å². The molecule has 2 rings (SSSR count). The third-order valence-electron chi connectivity index (χ3n) is 3.94. The van der Waals surface area contributed by atoms with Gasteiger partial charge in [0, 0.05) is 32.7 Å². The minimum absolute atomic E-state index is 0.277. The van der Waals surface area contributed by atoms with E-state index in [0.717, 1.165) is 58.3 Å². The van der Waals surface area contributed by atoms with Crippen LogP contribution in [0.1, 0.15) is 13.8 Å². The molecule has 0 bridgehead atoms. The van der Waals surface area contributed by atoms with Gasteiger partial charge in [-0.05, 0) is 24.6 Å². The molecule has 0 atom stereocenters. The number of morpholine rings is 1. The zero-order valence-electron chi connectivity index (χ0n) is 14.3. The predicted molar refractivity (Wildman–Crippen MR) is 90.5 cm³/mol. The summed E-state index contributed by atoms with van der Waals surface area (Å²) in [5.74, 6) is 0.948. The van der Waals surface area contributed by atoms with Crippen molar-refractivity contribution in [3.63, 3.8) is 0 Å². The highest BCUT2D eigenvalue weighted by molar-refractivity contribution is 5.20. The maximum absolute atomic E-state index is 5.77. The van der Waals surface area contributed by atoms with Crippen LogP contribution in [0.3, 0.4) is 0 Å². The number of rotatable bonds is 8. The van der Waals surface area contributed by atoms with E-state index in [2.05, 4.69) is 30.7 Å². The van der Waals surface area contributed by atoms with Crippen molar-refractivity contribution in [1.29, 1.82) is 0 Å². The Kier molecular flexibility index (Phi) is 6.68. The minimum Gasteiger partial charge on any atom is -0.492 e. The summed E-state index contributed by atoms with van der Waals surface area (Å²) in [5, 5.41) is 0. The standard InChI is InChI=1S/C18H30N2O2/c1-18(2,16-20-10-12-21-13-11-20)15-19(3)9-14-22-17-7-5-4-6-8-17/h4-8H,9-16H2,1-3H3. The molecule has 0 saturated carbocycles. The summed E-state index contributed by atoms with van der Waals surface area (Å²) < 4.78 is 11.2. The van der Waals surface area contributed by atoms with E-state index in [0.29, 0.717) is 0 Å². The smallest absolute Gasteiger partial charge is 0.119 e. The molecule has 22 heavy (non-hydrogen) atoms. The van der Waals surface area contributed by atoms with Crippen LogP contribution in [0.5, 0.6) is 5.75 Å². The number of benzene rings is 1. The second kappa shape index (κ2) is 8.51. The first-order valence-electron chi connectivity index (χ1n) is 8.22. The lowest BCUT2D eigenvalue weighted by atomic mass is 9.92. The lowest BCUT2D eigenvalue weighted by molar-refractivity contribution is 0.0160. The zero-order chi connectivity index (χ0) is 15.8. The number of likely N-dealkylation sites (N-methyl/N-ethyl adjacent to an activating group) is 1. The first kappa shape index (κ1) is 17.3. The van der Waals surface area contributed by atoms with Gasteiger partial charge in [0.2, 0.25) is 0 Å². The van der Waals surface area contributed by atoms with Crippen LogP contribution in [0.25, 0.3) is 0 Å². The summed E-state index contributed by atoms with van der Waals surface area (Å²) in [4.78, 5) is 4.88. The van der Waals surface area contributed by atoms with Gasteiger partial charge >= 0.3 is 0 Å². The fourth-order valence-corrected chi connectivity index (χ4v) is 3.06. The lowest BCUT2D eigenvalue weighted by Gasteiger charge is -2.37. The summed E-state index contributed by atoms with van der Waals surface area (Å²) >= 11 is 0. The first-order chi connectivity index (χ1) is 10.6. The van der Waals surface area contributed by atoms with Crippen LogP contribution < -0.4 is 4.74 Å². The van der Waals surface area contributed by atoms with Crippen molar-refractivity contribution in [3.05, 3.63) is 30.3 Å². The molecule has 4 nitrogen and oxygen atoms in total. The van der Waals surface area contributed by atoms with E-state index in [-0.39, 0.29) is 5.41 Å². The minimum atomic E-state index is 0.277. The van der Waals surface area contributed by atoms with E-state index in [4.69, 9.17) is 9.47 Å². The molecule has 1 aromatic carbocycles. The summed E-state index contributed by atoms with van der Waals surface area (Å²) in [6.45, 7) is 12.4. The second-order valence-corrected chi connectivity index (χ2v) is 6.95. The molecule has 0 N–H and O–H groups in total. The summed E-state index contributed by atoms with van der Waals surface area (Å²) in [5.41, 5.74) is 0.277. The van der Waals surface area contributed by atoms with Gasteiger partial charge in [-0.25, -0.2) is 0 Å². The molecule has 1 heterocycles. The molecule has 0 aliphatic carbocycles. The topological polar surface area (TPSA) is 24.9 Å². The van der Waals surface area contributed by atoms with E-state index in [1.54, 1.807) is 0 Å². The van der Waals surface area contributed by atoms with E-state index in [9.17, 15) is 0 Å². The average molecular weight is 306 g/mol. The van der Waals surface area contributed by atoms with Crippen molar-refractivity contribution in [1.82, 2.24) is 9.80 Å². The van der Waals surface area contributed by atoms with Crippen molar-refractivity contribution < 1.29 is 9.47 Å². The molecule has 0 unspecified atom stereocenters. The number of hydrogen-bond donors (Lipinski definition) is 0. The molecular formula is C18H30N2O2. The average Bonchev–Trinajstić information content (AvgIpc) is 2.48. The quantitative estimate of drug-likeness (QED) is 0.736. The maximum Gasteiger partial charge on any atom is 0.119 e. The Bertz CT molecular complexity index is 416. The van der Waals surface area contributed by atoms with Crippen molar-refractivity contribution >= 4 is 0 Å². The van der Waals surface area contributed by atoms with Crippen LogP contribution in [0, 0.1) is 5.41 Å². The number of nitrogens with zero attached hydrogens (tertiary/aromatic N) is 2.